The second-order valence-corrected chi connectivity index (χ2v) is 6.34. The van der Waals surface area contributed by atoms with Gasteiger partial charge in [-0.1, -0.05) is 0 Å². The van der Waals surface area contributed by atoms with Crippen LogP contribution < -0.4 is 5.32 Å². The predicted octanol–water partition coefficient (Wildman–Crippen LogP) is 2.05. The summed E-state index contributed by atoms with van der Waals surface area (Å²) in [6.45, 7) is 2.80. The number of aryl methyl sites for hydroxylation is 1. The van der Waals surface area contributed by atoms with E-state index in [0.717, 1.165) is 30.1 Å². The highest BCUT2D eigenvalue weighted by atomic mass is 32.2. The summed E-state index contributed by atoms with van der Waals surface area (Å²) in [5, 5.41) is 7.34. The number of hydrogen-bond acceptors (Lipinski definition) is 5. The topological polar surface area (TPSA) is 72.7 Å². The van der Waals surface area contributed by atoms with E-state index >= 15 is 0 Å². The lowest BCUT2D eigenvalue weighted by molar-refractivity contribution is -0.119. The third-order valence-electron chi connectivity index (χ3n) is 3.65. The van der Waals surface area contributed by atoms with Gasteiger partial charge >= 0.3 is 0 Å². The molecule has 116 valence electrons. The van der Waals surface area contributed by atoms with E-state index in [1.54, 1.807) is 18.7 Å². The van der Waals surface area contributed by atoms with Gasteiger partial charge < -0.3 is 5.32 Å². The van der Waals surface area contributed by atoms with Crippen molar-refractivity contribution in [2.24, 2.45) is 5.92 Å². The van der Waals surface area contributed by atoms with Gasteiger partial charge in [0.05, 0.1) is 11.8 Å². The molecule has 1 aliphatic rings. The van der Waals surface area contributed by atoms with Crippen LogP contribution >= 0.6 is 11.8 Å². The van der Waals surface area contributed by atoms with Crippen molar-refractivity contribution in [3.63, 3.8) is 0 Å². The normalized spacial score (nSPS) is 15.5. The van der Waals surface area contributed by atoms with Crippen LogP contribution in [-0.2, 0) is 11.3 Å². The van der Waals surface area contributed by atoms with Gasteiger partial charge in [0.25, 0.3) is 0 Å². The highest BCUT2D eigenvalue weighted by molar-refractivity contribution is 8.00. The first-order chi connectivity index (χ1) is 10.8. The molecule has 3 rings (SSSR count). The summed E-state index contributed by atoms with van der Waals surface area (Å²) < 4.78 is 1.86. The average molecular weight is 317 g/mol. The van der Waals surface area contributed by atoms with E-state index in [9.17, 15) is 4.79 Å². The molecule has 1 aliphatic carbocycles. The van der Waals surface area contributed by atoms with Gasteiger partial charge in [0.15, 0.2) is 0 Å². The van der Waals surface area contributed by atoms with Crippen LogP contribution in [0.15, 0.2) is 35.7 Å². The smallest absolute Gasteiger partial charge is 0.230 e. The van der Waals surface area contributed by atoms with Gasteiger partial charge in [0.2, 0.25) is 5.91 Å². The molecule has 0 unspecified atom stereocenters. The first-order valence-electron chi connectivity index (χ1n) is 7.48. The van der Waals surface area contributed by atoms with E-state index in [1.165, 1.54) is 11.8 Å². The van der Waals surface area contributed by atoms with Crippen molar-refractivity contribution in [3.8, 4) is 0 Å². The Hall–Kier alpha value is -1.89. The van der Waals surface area contributed by atoms with Gasteiger partial charge in [-0.3, -0.25) is 9.78 Å². The molecule has 22 heavy (non-hydrogen) atoms. The molecule has 0 aliphatic heterocycles. The van der Waals surface area contributed by atoms with Crippen molar-refractivity contribution in [2.75, 3.05) is 5.75 Å². The number of amides is 1. The highest BCUT2D eigenvalue weighted by Gasteiger charge is 2.36. The van der Waals surface area contributed by atoms with Crippen LogP contribution in [0.3, 0.4) is 0 Å². The van der Waals surface area contributed by atoms with Gasteiger partial charge in [-0.15, -0.1) is 11.8 Å². The van der Waals surface area contributed by atoms with Gasteiger partial charge in [0, 0.05) is 23.8 Å². The van der Waals surface area contributed by atoms with Gasteiger partial charge in [-0.05, 0) is 37.8 Å². The first-order valence-corrected chi connectivity index (χ1v) is 8.46. The minimum absolute atomic E-state index is 0.0204. The van der Waals surface area contributed by atoms with Crippen molar-refractivity contribution < 1.29 is 4.79 Å². The number of nitrogens with one attached hydrogen (secondary N) is 1. The number of nitrogens with zero attached hydrogens (tertiary/aromatic N) is 4. The minimum Gasteiger partial charge on any atom is -0.345 e. The van der Waals surface area contributed by atoms with Crippen molar-refractivity contribution in [1.82, 2.24) is 25.1 Å². The molecule has 1 fully saturated rings. The molecule has 0 spiro atoms. The number of rotatable bonds is 7. The molecule has 0 aromatic carbocycles. The maximum atomic E-state index is 12.2. The number of hydrogen-bond donors (Lipinski definition) is 1. The van der Waals surface area contributed by atoms with Crippen LogP contribution in [-0.4, -0.2) is 31.4 Å². The lowest BCUT2D eigenvalue weighted by atomic mass is 10.1. The first kappa shape index (κ1) is 15.0. The Labute approximate surface area is 133 Å². The third kappa shape index (κ3) is 3.65. The Morgan fingerprint density at radius 2 is 2.23 bits per heavy atom. The lowest BCUT2D eigenvalue weighted by Crippen LogP contribution is -2.33. The van der Waals surface area contributed by atoms with E-state index < -0.39 is 0 Å². The van der Waals surface area contributed by atoms with E-state index in [2.05, 4.69) is 20.4 Å². The number of carbonyl (C=O) groups excluding carboxylic acids is 1. The van der Waals surface area contributed by atoms with E-state index in [4.69, 9.17) is 0 Å². The molecule has 6 nitrogen and oxygen atoms in total. The van der Waals surface area contributed by atoms with Crippen molar-refractivity contribution in [2.45, 2.75) is 37.2 Å². The Morgan fingerprint density at radius 3 is 2.91 bits per heavy atom. The molecular weight excluding hydrogens is 298 g/mol. The Balaban J connectivity index is 1.60. The van der Waals surface area contributed by atoms with Gasteiger partial charge in [0.1, 0.15) is 12.2 Å². The summed E-state index contributed by atoms with van der Waals surface area (Å²) in [6, 6.07) is 3.79. The van der Waals surface area contributed by atoms with Crippen LogP contribution in [0.4, 0.5) is 0 Å². The molecule has 2 heterocycles. The fraction of sp³-hybridized carbons (Fsp3) is 0.467. The summed E-state index contributed by atoms with van der Waals surface area (Å²) in [5.74, 6) is 1.79. The Bertz CT molecular complexity index is 626. The summed E-state index contributed by atoms with van der Waals surface area (Å²) >= 11 is 1.51. The second-order valence-electron chi connectivity index (χ2n) is 5.29. The fourth-order valence-corrected chi connectivity index (χ4v) is 3.07. The van der Waals surface area contributed by atoms with Crippen LogP contribution in [0.25, 0.3) is 0 Å². The third-order valence-corrected chi connectivity index (χ3v) is 4.66. The van der Waals surface area contributed by atoms with Gasteiger partial charge in [-0.2, -0.15) is 5.10 Å². The molecule has 1 amide bonds. The molecular formula is C15H19N5OS. The fourth-order valence-electron chi connectivity index (χ4n) is 2.38. The molecule has 2 aromatic heterocycles. The quantitative estimate of drug-likeness (QED) is 0.791. The molecule has 1 N–H and O–H groups in total. The van der Waals surface area contributed by atoms with Crippen LogP contribution in [0, 0.1) is 5.92 Å². The maximum Gasteiger partial charge on any atom is 0.230 e. The highest BCUT2D eigenvalue weighted by Crippen LogP contribution is 2.40. The molecule has 1 saturated carbocycles. The standard InChI is InChI=1S/C15H19N5OS/c1-2-20-15(17-10-18-20)14(11-3-4-11)19-13(21)9-22-12-5-7-16-8-6-12/h5-8,10-11,14H,2-4,9H2,1H3,(H,19,21)/t14-/m0/s1. The molecule has 0 radical (unpaired) electrons. The zero-order valence-corrected chi connectivity index (χ0v) is 13.3. The van der Waals surface area contributed by atoms with Crippen molar-refractivity contribution in [3.05, 3.63) is 36.7 Å². The lowest BCUT2D eigenvalue weighted by Gasteiger charge is -2.18. The zero-order valence-electron chi connectivity index (χ0n) is 12.5. The molecule has 0 saturated heterocycles. The largest absolute Gasteiger partial charge is 0.345 e. The zero-order chi connectivity index (χ0) is 15.4. The van der Waals surface area contributed by atoms with Crippen LogP contribution in [0.5, 0.6) is 0 Å². The summed E-state index contributed by atoms with van der Waals surface area (Å²) in [7, 11) is 0. The average Bonchev–Trinajstić information content (AvgIpc) is 3.28. The monoisotopic (exact) mass is 317 g/mol. The van der Waals surface area contributed by atoms with E-state index in [1.807, 2.05) is 23.7 Å². The number of carbonyl (C=O) groups is 1. The Kier molecular flexibility index (Phi) is 4.72. The van der Waals surface area contributed by atoms with Crippen LogP contribution in [0.2, 0.25) is 0 Å². The molecule has 1 atom stereocenters. The second kappa shape index (κ2) is 6.91. The number of thioether (sulfide) groups is 1. The summed E-state index contributed by atoms with van der Waals surface area (Å²) in [6.07, 6.45) is 7.30. The summed E-state index contributed by atoms with van der Waals surface area (Å²) in [5.41, 5.74) is 0. The molecule has 0 bridgehead atoms. The van der Waals surface area contributed by atoms with Crippen molar-refractivity contribution >= 4 is 17.7 Å². The van der Waals surface area contributed by atoms with E-state index in [-0.39, 0.29) is 11.9 Å². The van der Waals surface area contributed by atoms with E-state index in [0.29, 0.717) is 11.7 Å². The SMILES string of the molecule is CCn1ncnc1[C@@H](NC(=O)CSc1ccncc1)C1CC1. The Morgan fingerprint density at radius 1 is 1.45 bits per heavy atom. The number of aromatic nitrogens is 4. The van der Waals surface area contributed by atoms with Crippen LogP contribution in [0.1, 0.15) is 31.6 Å². The van der Waals surface area contributed by atoms with Gasteiger partial charge in [-0.25, -0.2) is 9.67 Å². The predicted molar refractivity (Wildman–Crippen MR) is 84.3 cm³/mol. The summed E-state index contributed by atoms with van der Waals surface area (Å²) in [4.78, 5) is 21.6. The molecule has 7 heteroatoms. The van der Waals surface area contributed by atoms with Crippen molar-refractivity contribution in [1.29, 1.82) is 0 Å². The minimum atomic E-state index is -0.0204. The number of pyridine rings is 1. The maximum absolute atomic E-state index is 12.2. The molecule has 2 aromatic rings.